The smallest absolute Gasteiger partial charge is 0.334 e. The van der Waals surface area contributed by atoms with Crippen molar-refractivity contribution in [1.29, 1.82) is 0 Å². The van der Waals surface area contributed by atoms with Crippen LogP contribution in [0.5, 0.6) is 0 Å². The molecule has 0 fully saturated rings. The van der Waals surface area contributed by atoms with Crippen LogP contribution in [0.25, 0.3) is 0 Å². The van der Waals surface area contributed by atoms with E-state index in [-0.39, 0.29) is 6.61 Å². The maximum Gasteiger partial charge on any atom is 0.334 e. The number of aromatic nitrogens is 1. The number of rotatable bonds is 5. The number of carbonyl (C=O) groups excluding carboxylic acids is 1. The molecule has 0 N–H and O–H groups in total. The lowest BCUT2D eigenvalue weighted by Gasteiger charge is -2.16. The Bertz CT molecular complexity index is 550. The van der Waals surface area contributed by atoms with Crippen LogP contribution in [0.15, 0.2) is 16.9 Å². The van der Waals surface area contributed by atoms with Gasteiger partial charge >= 0.3 is 17.2 Å². The van der Waals surface area contributed by atoms with Gasteiger partial charge in [0, 0.05) is 11.8 Å². The highest BCUT2D eigenvalue weighted by Gasteiger charge is 2.24. The van der Waals surface area contributed by atoms with Gasteiger partial charge < -0.3 is 4.74 Å². The summed E-state index contributed by atoms with van der Waals surface area (Å²) in [4.78, 5) is 33.7. The van der Waals surface area contributed by atoms with Gasteiger partial charge in [-0.2, -0.15) is 0 Å². The second-order valence-corrected chi connectivity index (χ2v) is 4.14. The number of pyridine rings is 1. The highest BCUT2D eigenvalue weighted by atomic mass is 16.6. The largest absolute Gasteiger partial charge is 0.464 e. The van der Waals surface area contributed by atoms with Crippen LogP contribution < -0.4 is 5.56 Å². The Morgan fingerprint density at radius 3 is 2.68 bits per heavy atom. The van der Waals surface area contributed by atoms with Gasteiger partial charge in [0.2, 0.25) is 0 Å². The van der Waals surface area contributed by atoms with Crippen LogP contribution in [-0.4, -0.2) is 22.1 Å². The summed E-state index contributed by atoms with van der Waals surface area (Å²) in [5.41, 5.74) is -0.886. The van der Waals surface area contributed by atoms with Crippen molar-refractivity contribution in [1.82, 2.24) is 4.57 Å². The summed E-state index contributed by atoms with van der Waals surface area (Å²) in [6.07, 6.45) is 0.668. The van der Waals surface area contributed by atoms with E-state index in [1.54, 1.807) is 6.92 Å². The molecule has 0 radical (unpaired) electrons. The van der Waals surface area contributed by atoms with Crippen LogP contribution in [0.2, 0.25) is 0 Å². The fourth-order valence-corrected chi connectivity index (χ4v) is 1.68. The molecule has 1 rings (SSSR count). The molecule has 0 aliphatic carbocycles. The van der Waals surface area contributed by atoms with Gasteiger partial charge in [-0.3, -0.25) is 19.5 Å². The predicted molar refractivity (Wildman–Crippen MR) is 68.1 cm³/mol. The highest BCUT2D eigenvalue weighted by molar-refractivity contribution is 5.74. The summed E-state index contributed by atoms with van der Waals surface area (Å²) in [5, 5.41) is 10.7. The zero-order valence-electron chi connectivity index (χ0n) is 11.1. The summed E-state index contributed by atoms with van der Waals surface area (Å²) in [7, 11) is 0. The van der Waals surface area contributed by atoms with Crippen molar-refractivity contribution in [3.63, 3.8) is 0 Å². The standard InChI is InChI=1S/C12H16N2O5/c1-4-7-19-12(16)9(3)13-8(2)5-6-10(11(13)15)14(17)18/h5-6,9H,4,7H2,1-3H3. The third kappa shape index (κ3) is 3.18. The Morgan fingerprint density at radius 2 is 2.16 bits per heavy atom. The summed E-state index contributed by atoms with van der Waals surface area (Å²) < 4.78 is 6.03. The molecule has 0 aliphatic heterocycles. The third-order valence-electron chi connectivity index (χ3n) is 2.67. The molecule has 7 heteroatoms. The van der Waals surface area contributed by atoms with E-state index in [1.807, 2.05) is 6.92 Å². The summed E-state index contributed by atoms with van der Waals surface area (Å²) in [6, 6.07) is 1.68. The van der Waals surface area contributed by atoms with Crippen LogP contribution >= 0.6 is 0 Å². The molecular formula is C12H16N2O5. The van der Waals surface area contributed by atoms with Crippen molar-refractivity contribution in [2.75, 3.05) is 6.61 Å². The van der Waals surface area contributed by atoms with E-state index in [0.29, 0.717) is 12.1 Å². The van der Waals surface area contributed by atoms with Crippen LogP contribution in [0, 0.1) is 17.0 Å². The van der Waals surface area contributed by atoms with Gasteiger partial charge in [0.25, 0.3) is 0 Å². The monoisotopic (exact) mass is 268 g/mol. The SMILES string of the molecule is CCCOC(=O)C(C)n1c(C)ccc([N+](=O)[O-])c1=O. The van der Waals surface area contributed by atoms with E-state index in [1.165, 1.54) is 13.0 Å². The molecule has 0 aromatic carbocycles. The van der Waals surface area contributed by atoms with Crippen molar-refractivity contribution in [2.45, 2.75) is 33.2 Å². The van der Waals surface area contributed by atoms with Crippen LogP contribution in [0.1, 0.15) is 32.0 Å². The Kier molecular flexibility index (Phi) is 4.80. The fourth-order valence-electron chi connectivity index (χ4n) is 1.68. The molecule has 1 atom stereocenters. The number of nitrogens with zero attached hydrogens (tertiary/aromatic N) is 2. The average Bonchev–Trinajstić information content (AvgIpc) is 2.35. The minimum Gasteiger partial charge on any atom is -0.464 e. The van der Waals surface area contributed by atoms with E-state index in [9.17, 15) is 19.7 Å². The molecule has 1 aromatic rings. The van der Waals surface area contributed by atoms with Gasteiger partial charge in [-0.1, -0.05) is 6.92 Å². The van der Waals surface area contributed by atoms with Gasteiger partial charge in [-0.25, -0.2) is 4.79 Å². The van der Waals surface area contributed by atoms with Crippen molar-refractivity contribution in [2.24, 2.45) is 0 Å². The molecule has 0 aliphatic rings. The van der Waals surface area contributed by atoms with Crippen LogP contribution in [-0.2, 0) is 9.53 Å². The fraction of sp³-hybridized carbons (Fsp3) is 0.500. The maximum atomic E-state index is 12.0. The maximum absolute atomic E-state index is 12.0. The van der Waals surface area contributed by atoms with E-state index in [4.69, 9.17) is 4.74 Å². The van der Waals surface area contributed by atoms with E-state index >= 15 is 0 Å². The van der Waals surface area contributed by atoms with Gasteiger partial charge in [-0.05, 0) is 26.3 Å². The first-order chi connectivity index (χ1) is 8.90. The molecule has 0 saturated heterocycles. The van der Waals surface area contributed by atoms with E-state index in [0.717, 1.165) is 10.6 Å². The predicted octanol–water partition coefficient (Wildman–Crippen LogP) is 1.58. The topological polar surface area (TPSA) is 91.4 Å². The van der Waals surface area contributed by atoms with Gasteiger partial charge in [0.15, 0.2) is 0 Å². The quantitative estimate of drug-likeness (QED) is 0.459. The minimum absolute atomic E-state index is 0.256. The van der Waals surface area contributed by atoms with Crippen LogP contribution in [0.4, 0.5) is 5.69 Å². The second-order valence-electron chi connectivity index (χ2n) is 4.14. The lowest BCUT2D eigenvalue weighted by molar-refractivity contribution is -0.386. The van der Waals surface area contributed by atoms with E-state index < -0.39 is 28.2 Å². The molecule has 1 unspecified atom stereocenters. The van der Waals surface area contributed by atoms with Gasteiger partial charge in [-0.15, -0.1) is 0 Å². The lowest BCUT2D eigenvalue weighted by Crippen LogP contribution is -2.32. The van der Waals surface area contributed by atoms with Gasteiger partial charge in [0.1, 0.15) is 6.04 Å². The van der Waals surface area contributed by atoms with Gasteiger partial charge in [0.05, 0.1) is 11.5 Å². The minimum atomic E-state index is -0.890. The number of aryl methyl sites for hydroxylation is 1. The summed E-state index contributed by atoms with van der Waals surface area (Å²) in [5.74, 6) is -0.576. The Balaban J connectivity index is 3.19. The molecule has 0 saturated carbocycles. The van der Waals surface area contributed by atoms with Crippen molar-refractivity contribution in [3.8, 4) is 0 Å². The Hall–Kier alpha value is -2.18. The lowest BCUT2D eigenvalue weighted by atomic mass is 10.2. The molecule has 1 heterocycles. The number of ether oxygens (including phenoxy) is 1. The number of hydrogen-bond donors (Lipinski definition) is 0. The van der Waals surface area contributed by atoms with Crippen molar-refractivity contribution in [3.05, 3.63) is 38.3 Å². The normalized spacial score (nSPS) is 11.9. The Labute approximate surface area is 110 Å². The van der Waals surface area contributed by atoms with Crippen molar-refractivity contribution < 1.29 is 14.5 Å². The van der Waals surface area contributed by atoms with Crippen LogP contribution in [0.3, 0.4) is 0 Å². The summed E-state index contributed by atoms with van der Waals surface area (Å²) >= 11 is 0. The summed E-state index contributed by atoms with van der Waals surface area (Å²) in [6.45, 7) is 5.19. The molecule has 104 valence electrons. The zero-order chi connectivity index (χ0) is 14.6. The Morgan fingerprint density at radius 1 is 1.53 bits per heavy atom. The number of hydrogen-bond acceptors (Lipinski definition) is 5. The first kappa shape index (κ1) is 14.9. The molecule has 7 nitrogen and oxygen atoms in total. The molecule has 1 aromatic heterocycles. The molecule has 19 heavy (non-hydrogen) atoms. The average molecular weight is 268 g/mol. The molecule has 0 bridgehead atoms. The second kappa shape index (κ2) is 6.12. The van der Waals surface area contributed by atoms with Crippen molar-refractivity contribution >= 4 is 11.7 Å². The zero-order valence-corrected chi connectivity index (χ0v) is 11.1. The first-order valence-corrected chi connectivity index (χ1v) is 5.93. The molecule has 0 amide bonds. The molecule has 0 spiro atoms. The number of carbonyl (C=O) groups is 1. The number of esters is 1. The third-order valence-corrected chi connectivity index (χ3v) is 2.67. The molecular weight excluding hydrogens is 252 g/mol. The highest BCUT2D eigenvalue weighted by Crippen LogP contribution is 2.13. The first-order valence-electron chi connectivity index (χ1n) is 5.93. The number of nitro groups is 1. The van der Waals surface area contributed by atoms with E-state index in [2.05, 4.69) is 0 Å².